The Morgan fingerprint density at radius 3 is 2.18 bits per heavy atom. The van der Waals surface area contributed by atoms with Gasteiger partial charge < -0.3 is 26.6 Å². The van der Waals surface area contributed by atoms with Crippen molar-refractivity contribution in [2.45, 2.75) is 100 Å². The summed E-state index contributed by atoms with van der Waals surface area (Å²) in [5, 5.41) is 8.41. The molecule has 12 heteroatoms. The fourth-order valence-electron chi connectivity index (χ4n) is 6.03. The summed E-state index contributed by atoms with van der Waals surface area (Å²) in [6.45, 7) is 5.72. The third-order valence-electron chi connectivity index (χ3n) is 8.19. The molecule has 3 aliphatic carbocycles. The Hall–Kier alpha value is -2.07. The van der Waals surface area contributed by atoms with Crippen molar-refractivity contribution in [3.63, 3.8) is 0 Å². The second-order valence-electron chi connectivity index (χ2n) is 12.4. The van der Waals surface area contributed by atoms with Gasteiger partial charge in [0.15, 0.2) is 0 Å². The standard InChI is InChI=1S/C26H39Cl2N5O5/c1-25(2,3)32-24(38)31-18(14-7-5-4-6-8-14)23(37)33-12-15-17(26(15,27)28)19(33)22(36)30-16(11-13-9-10-13)20(34)21(29)35/h13-19H,4-12H2,1-3H3,(H2,29,35)(H,30,36)(H2,31,32,38)/t15-,16?,17-,18+,19+/m1/s1. The number of alkyl halides is 2. The van der Waals surface area contributed by atoms with E-state index in [1.165, 1.54) is 4.90 Å². The fraction of sp³-hybridized carbons (Fsp3) is 0.808. The van der Waals surface area contributed by atoms with E-state index in [9.17, 15) is 24.0 Å². The number of amides is 5. The minimum Gasteiger partial charge on any atom is -0.363 e. The molecule has 3 saturated carbocycles. The summed E-state index contributed by atoms with van der Waals surface area (Å²) in [5.41, 5.74) is 4.74. The molecule has 1 saturated heterocycles. The number of carbonyl (C=O) groups excluding carboxylic acids is 5. The zero-order valence-corrected chi connectivity index (χ0v) is 23.7. The lowest BCUT2D eigenvalue weighted by Crippen LogP contribution is -2.61. The molecule has 5 amide bonds. The van der Waals surface area contributed by atoms with Gasteiger partial charge in [0.2, 0.25) is 17.6 Å². The highest BCUT2D eigenvalue weighted by molar-refractivity contribution is 6.51. The van der Waals surface area contributed by atoms with Crippen molar-refractivity contribution in [1.82, 2.24) is 20.9 Å². The van der Waals surface area contributed by atoms with E-state index >= 15 is 0 Å². The molecule has 0 aromatic heterocycles. The van der Waals surface area contributed by atoms with Crippen molar-refractivity contribution in [3.8, 4) is 0 Å². The predicted octanol–water partition coefficient (Wildman–Crippen LogP) is 2.00. The maximum Gasteiger partial charge on any atom is 0.315 e. The zero-order chi connectivity index (χ0) is 28.0. The van der Waals surface area contributed by atoms with Gasteiger partial charge in [0.1, 0.15) is 16.4 Å². The molecule has 0 aromatic rings. The molecule has 38 heavy (non-hydrogen) atoms. The number of primary amides is 1. The number of Topliss-reactive ketones (excluding diaryl/α,β-unsaturated/α-hetero) is 1. The monoisotopic (exact) mass is 571 g/mol. The van der Waals surface area contributed by atoms with Crippen LogP contribution in [0.4, 0.5) is 4.79 Å². The molecule has 0 aromatic carbocycles. The highest BCUT2D eigenvalue weighted by atomic mass is 35.5. The van der Waals surface area contributed by atoms with Gasteiger partial charge in [0, 0.05) is 23.9 Å². The fourth-order valence-corrected chi connectivity index (χ4v) is 6.85. The van der Waals surface area contributed by atoms with E-state index in [2.05, 4.69) is 16.0 Å². The Morgan fingerprint density at radius 2 is 1.63 bits per heavy atom. The van der Waals surface area contributed by atoms with E-state index in [0.717, 1.165) is 44.9 Å². The third kappa shape index (κ3) is 6.38. The average Bonchev–Trinajstić information content (AvgIpc) is 3.68. The topological polar surface area (TPSA) is 151 Å². The molecular weight excluding hydrogens is 533 g/mol. The van der Waals surface area contributed by atoms with Crippen LogP contribution in [0, 0.1) is 23.7 Å². The van der Waals surface area contributed by atoms with Gasteiger partial charge in [-0.15, -0.1) is 23.2 Å². The number of piperidine rings is 1. The first-order valence-electron chi connectivity index (χ1n) is 13.6. The van der Waals surface area contributed by atoms with Gasteiger partial charge >= 0.3 is 6.03 Å². The van der Waals surface area contributed by atoms with E-state index in [4.69, 9.17) is 28.9 Å². The number of nitrogens with two attached hydrogens (primary N) is 1. The summed E-state index contributed by atoms with van der Waals surface area (Å²) in [4.78, 5) is 66.0. The first kappa shape index (κ1) is 28.9. The molecule has 0 radical (unpaired) electrons. The van der Waals surface area contributed by atoms with Crippen molar-refractivity contribution in [1.29, 1.82) is 0 Å². The van der Waals surface area contributed by atoms with E-state index < -0.39 is 57.5 Å². The number of fused-ring (bicyclic) bond motifs is 1. The van der Waals surface area contributed by atoms with Crippen LogP contribution < -0.4 is 21.7 Å². The molecule has 1 unspecified atom stereocenters. The summed E-state index contributed by atoms with van der Waals surface area (Å²) in [7, 11) is 0. The number of nitrogens with zero attached hydrogens (tertiary/aromatic N) is 1. The van der Waals surface area contributed by atoms with Crippen LogP contribution in [-0.4, -0.2) is 69.0 Å². The first-order chi connectivity index (χ1) is 17.7. The smallest absolute Gasteiger partial charge is 0.315 e. The Balaban J connectivity index is 1.55. The summed E-state index contributed by atoms with van der Waals surface area (Å²) >= 11 is 12.9. The van der Waals surface area contributed by atoms with Crippen LogP contribution in [-0.2, 0) is 19.2 Å². The molecule has 5 atom stereocenters. The molecule has 212 valence electrons. The molecule has 4 rings (SSSR count). The van der Waals surface area contributed by atoms with Crippen molar-refractivity contribution in [2.24, 2.45) is 29.4 Å². The molecule has 1 aliphatic heterocycles. The maximum atomic E-state index is 14.0. The van der Waals surface area contributed by atoms with Crippen molar-refractivity contribution >= 4 is 52.7 Å². The lowest BCUT2D eigenvalue weighted by molar-refractivity contribution is -0.144. The summed E-state index contributed by atoms with van der Waals surface area (Å²) in [6.07, 6.45) is 6.69. The molecule has 4 aliphatic rings. The van der Waals surface area contributed by atoms with Gasteiger partial charge in [0.25, 0.3) is 5.91 Å². The SMILES string of the molecule is CC(C)(C)NC(=O)N[C@H](C(=O)N1C[C@@H]2[C@H]([C@H]1C(=O)NC(CC1CC1)C(=O)C(N)=O)C2(Cl)Cl)C1CCCCC1. The number of urea groups is 1. The second-order valence-corrected chi connectivity index (χ2v) is 13.9. The van der Waals surface area contributed by atoms with Crippen molar-refractivity contribution < 1.29 is 24.0 Å². The average molecular weight is 573 g/mol. The normalized spacial score (nSPS) is 28.0. The van der Waals surface area contributed by atoms with Gasteiger partial charge in [-0.2, -0.15) is 0 Å². The molecule has 1 heterocycles. The number of halogens is 2. The van der Waals surface area contributed by atoms with E-state index in [0.29, 0.717) is 6.42 Å². The number of ketones is 1. The lowest BCUT2D eigenvalue weighted by atomic mass is 9.83. The molecule has 0 bridgehead atoms. The van der Waals surface area contributed by atoms with Crippen LogP contribution in [0.1, 0.15) is 72.1 Å². The third-order valence-corrected chi connectivity index (χ3v) is 9.25. The Labute approximate surface area is 233 Å². The number of likely N-dealkylation sites (tertiary alicyclic amines) is 1. The predicted molar refractivity (Wildman–Crippen MR) is 142 cm³/mol. The van der Waals surface area contributed by atoms with E-state index in [-0.39, 0.29) is 30.2 Å². The molecule has 10 nitrogen and oxygen atoms in total. The van der Waals surface area contributed by atoms with Gasteiger partial charge in [-0.1, -0.05) is 32.1 Å². The highest BCUT2D eigenvalue weighted by Crippen LogP contribution is 2.65. The quantitative estimate of drug-likeness (QED) is 0.246. The Morgan fingerprint density at radius 1 is 1.00 bits per heavy atom. The molecule has 0 spiro atoms. The highest BCUT2D eigenvalue weighted by Gasteiger charge is 2.74. The van der Waals surface area contributed by atoms with Crippen LogP contribution in [0.5, 0.6) is 0 Å². The molecule has 4 fully saturated rings. The molecular formula is C26H39Cl2N5O5. The van der Waals surface area contributed by atoms with Crippen molar-refractivity contribution in [3.05, 3.63) is 0 Å². The Kier molecular flexibility index (Phi) is 8.25. The van der Waals surface area contributed by atoms with E-state index in [1.54, 1.807) is 0 Å². The molecule has 5 N–H and O–H groups in total. The largest absolute Gasteiger partial charge is 0.363 e. The number of hydrogen-bond acceptors (Lipinski definition) is 5. The zero-order valence-electron chi connectivity index (χ0n) is 22.2. The van der Waals surface area contributed by atoms with Gasteiger partial charge in [0.05, 0.1) is 6.04 Å². The van der Waals surface area contributed by atoms with Crippen LogP contribution in [0.25, 0.3) is 0 Å². The second kappa shape index (κ2) is 10.8. The number of nitrogens with one attached hydrogen (secondary N) is 3. The van der Waals surface area contributed by atoms with Crippen LogP contribution in [0.2, 0.25) is 0 Å². The summed E-state index contributed by atoms with van der Waals surface area (Å²) in [6, 6.07) is -3.36. The maximum absolute atomic E-state index is 14.0. The number of carbonyl (C=O) groups is 5. The van der Waals surface area contributed by atoms with Crippen molar-refractivity contribution in [2.75, 3.05) is 6.54 Å². The van der Waals surface area contributed by atoms with Gasteiger partial charge in [-0.3, -0.25) is 19.2 Å². The minimum absolute atomic E-state index is 0.0709. The number of hydrogen-bond donors (Lipinski definition) is 4. The van der Waals surface area contributed by atoms with Crippen LogP contribution in [0.15, 0.2) is 0 Å². The lowest BCUT2D eigenvalue weighted by Gasteiger charge is -2.37. The van der Waals surface area contributed by atoms with Gasteiger partial charge in [-0.25, -0.2) is 4.79 Å². The number of rotatable bonds is 9. The Bertz CT molecular complexity index is 989. The van der Waals surface area contributed by atoms with Crippen LogP contribution >= 0.6 is 23.2 Å². The first-order valence-corrected chi connectivity index (χ1v) is 14.4. The van der Waals surface area contributed by atoms with Crippen LogP contribution in [0.3, 0.4) is 0 Å². The van der Waals surface area contributed by atoms with E-state index in [1.807, 2.05) is 20.8 Å². The summed E-state index contributed by atoms with van der Waals surface area (Å²) in [5.74, 6) is -3.59. The summed E-state index contributed by atoms with van der Waals surface area (Å²) < 4.78 is -1.17. The van der Waals surface area contributed by atoms with Gasteiger partial charge in [-0.05, 0) is 51.9 Å². The minimum atomic E-state index is -1.17.